The monoisotopic (exact) mass is 396 g/mol. The van der Waals surface area contributed by atoms with Crippen LogP contribution in [0.3, 0.4) is 0 Å². The highest BCUT2D eigenvalue weighted by atomic mass is 32.1. The summed E-state index contributed by atoms with van der Waals surface area (Å²) < 4.78 is 38.3. The molecule has 27 heavy (non-hydrogen) atoms. The molecule has 3 rings (SSSR count). The second-order valence-electron chi connectivity index (χ2n) is 6.34. The van der Waals surface area contributed by atoms with Crippen LogP contribution in [0.1, 0.15) is 34.8 Å². The molecule has 0 bridgehead atoms. The summed E-state index contributed by atoms with van der Waals surface area (Å²) in [6, 6.07) is 2.70. The fraction of sp³-hybridized carbons (Fsp3) is 0.294. The number of aromatic nitrogens is 3. The number of rotatable bonds is 4. The number of amides is 1. The fourth-order valence-electron chi connectivity index (χ4n) is 2.47. The van der Waals surface area contributed by atoms with E-state index in [9.17, 15) is 22.8 Å². The van der Waals surface area contributed by atoms with E-state index in [1.165, 1.54) is 11.3 Å². The first-order valence-corrected chi connectivity index (χ1v) is 8.83. The molecular weight excluding hydrogens is 381 g/mol. The van der Waals surface area contributed by atoms with Crippen LogP contribution in [0.4, 0.5) is 18.3 Å². The van der Waals surface area contributed by atoms with Crippen molar-refractivity contribution in [1.29, 1.82) is 0 Å². The van der Waals surface area contributed by atoms with E-state index in [1.54, 1.807) is 0 Å². The van der Waals surface area contributed by atoms with Gasteiger partial charge in [-0.25, -0.2) is 0 Å². The van der Waals surface area contributed by atoms with Crippen LogP contribution in [0.25, 0.3) is 10.9 Å². The quantitative estimate of drug-likeness (QED) is 0.701. The molecule has 0 saturated carbocycles. The Kier molecular flexibility index (Phi) is 5.01. The number of hydrogen-bond acceptors (Lipinski definition) is 5. The van der Waals surface area contributed by atoms with Gasteiger partial charge in [-0.15, -0.1) is 10.2 Å². The van der Waals surface area contributed by atoms with Crippen molar-refractivity contribution in [2.45, 2.75) is 26.4 Å². The molecule has 3 aromatic rings. The van der Waals surface area contributed by atoms with Crippen molar-refractivity contribution in [3.05, 3.63) is 50.8 Å². The maximum Gasteiger partial charge on any atom is 0.416 e. The Bertz CT molecular complexity index is 1060. The molecule has 0 aliphatic heterocycles. The molecule has 0 fully saturated rings. The Morgan fingerprint density at radius 1 is 1.30 bits per heavy atom. The molecule has 0 saturated heterocycles. The summed E-state index contributed by atoms with van der Waals surface area (Å²) in [6.07, 6.45) is -2.71. The van der Waals surface area contributed by atoms with Crippen molar-refractivity contribution in [2.24, 2.45) is 5.92 Å². The van der Waals surface area contributed by atoms with Gasteiger partial charge < -0.3 is 4.98 Å². The molecule has 0 aliphatic carbocycles. The predicted octanol–water partition coefficient (Wildman–Crippen LogP) is 3.85. The lowest BCUT2D eigenvalue weighted by Gasteiger charge is -2.08. The number of anilines is 1. The highest BCUT2D eigenvalue weighted by Gasteiger charge is 2.30. The van der Waals surface area contributed by atoms with Crippen molar-refractivity contribution in [1.82, 2.24) is 15.2 Å². The number of benzene rings is 1. The fourth-order valence-corrected chi connectivity index (χ4v) is 3.41. The highest BCUT2D eigenvalue weighted by Crippen LogP contribution is 2.30. The van der Waals surface area contributed by atoms with Crippen LogP contribution in [-0.4, -0.2) is 21.1 Å². The number of aromatic amines is 1. The lowest BCUT2D eigenvalue weighted by Crippen LogP contribution is -2.22. The number of hydrogen-bond donors (Lipinski definition) is 2. The number of fused-ring (bicyclic) bond motifs is 1. The number of pyridine rings is 1. The largest absolute Gasteiger partial charge is 0.416 e. The predicted molar refractivity (Wildman–Crippen MR) is 96.0 cm³/mol. The SMILES string of the molecule is CC(C)Cc1nnc(NC(=O)c2c[nH]c3cc(C(F)(F)F)ccc3c2=O)s1. The van der Waals surface area contributed by atoms with E-state index in [-0.39, 0.29) is 21.6 Å². The first kappa shape index (κ1) is 19.0. The normalized spacial score (nSPS) is 11.9. The Morgan fingerprint density at radius 2 is 2.04 bits per heavy atom. The second kappa shape index (κ2) is 7.10. The van der Waals surface area contributed by atoms with E-state index < -0.39 is 23.1 Å². The molecule has 2 aromatic heterocycles. The Balaban J connectivity index is 1.88. The summed E-state index contributed by atoms with van der Waals surface area (Å²) in [5.41, 5.74) is -1.76. The molecule has 2 N–H and O–H groups in total. The van der Waals surface area contributed by atoms with E-state index >= 15 is 0 Å². The Morgan fingerprint density at radius 3 is 2.70 bits per heavy atom. The van der Waals surface area contributed by atoms with Gasteiger partial charge in [0.25, 0.3) is 5.91 Å². The van der Waals surface area contributed by atoms with Crippen molar-refractivity contribution in [3.63, 3.8) is 0 Å². The minimum atomic E-state index is -4.52. The van der Waals surface area contributed by atoms with Crippen LogP contribution in [0.5, 0.6) is 0 Å². The highest BCUT2D eigenvalue weighted by molar-refractivity contribution is 7.15. The number of nitrogens with zero attached hydrogens (tertiary/aromatic N) is 2. The molecule has 6 nitrogen and oxygen atoms in total. The minimum absolute atomic E-state index is 0.00140. The molecule has 10 heteroatoms. The smallest absolute Gasteiger partial charge is 0.360 e. The number of carbonyl (C=O) groups excluding carboxylic acids is 1. The molecule has 142 valence electrons. The first-order valence-electron chi connectivity index (χ1n) is 8.01. The third kappa shape index (κ3) is 4.16. The Hall–Kier alpha value is -2.75. The zero-order valence-electron chi connectivity index (χ0n) is 14.3. The van der Waals surface area contributed by atoms with Gasteiger partial charge >= 0.3 is 6.18 Å². The van der Waals surface area contributed by atoms with Gasteiger partial charge in [0, 0.05) is 23.5 Å². The number of H-pyrrole nitrogens is 1. The van der Waals surface area contributed by atoms with Gasteiger partial charge in [0.2, 0.25) is 10.6 Å². The zero-order chi connectivity index (χ0) is 19.8. The molecule has 0 atom stereocenters. The second-order valence-corrected chi connectivity index (χ2v) is 7.40. The van der Waals surface area contributed by atoms with Crippen LogP contribution in [-0.2, 0) is 12.6 Å². The van der Waals surface area contributed by atoms with Crippen LogP contribution in [0.15, 0.2) is 29.2 Å². The average molecular weight is 396 g/mol. The number of nitrogens with one attached hydrogen (secondary N) is 2. The number of halogens is 3. The molecule has 1 aromatic carbocycles. The van der Waals surface area contributed by atoms with Crippen molar-refractivity contribution >= 4 is 33.3 Å². The van der Waals surface area contributed by atoms with Gasteiger partial charge in [0.15, 0.2) is 0 Å². The molecule has 0 unspecified atom stereocenters. The topological polar surface area (TPSA) is 87.7 Å². The summed E-state index contributed by atoms with van der Waals surface area (Å²) in [5, 5.41) is 11.3. The molecular formula is C17H15F3N4O2S. The Labute approximate surface area is 155 Å². The molecule has 2 heterocycles. The van der Waals surface area contributed by atoms with Gasteiger partial charge in [-0.1, -0.05) is 25.2 Å². The van der Waals surface area contributed by atoms with Crippen LogP contribution >= 0.6 is 11.3 Å². The minimum Gasteiger partial charge on any atom is -0.360 e. The van der Waals surface area contributed by atoms with Crippen molar-refractivity contribution in [3.8, 4) is 0 Å². The summed E-state index contributed by atoms with van der Waals surface area (Å²) in [7, 11) is 0. The van der Waals surface area contributed by atoms with E-state index in [4.69, 9.17) is 0 Å². The van der Waals surface area contributed by atoms with Gasteiger partial charge in [-0.2, -0.15) is 13.2 Å². The molecule has 0 aliphatic rings. The van der Waals surface area contributed by atoms with Gasteiger partial charge in [-0.05, 0) is 24.1 Å². The summed E-state index contributed by atoms with van der Waals surface area (Å²) in [5.74, 6) is -0.322. The van der Waals surface area contributed by atoms with Crippen molar-refractivity contribution < 1.29 is 18.0 Å². The summed E-state index contributed by atoms with van der Waals surface area (Å²) >= 11 is 1.21. The maximum absolute atomic E-state index is 12.8. The van der Waals surface area contributed by atoms with Gasteiger partial charge in [0.05, 0.1) is 5.56 Å². The van der Waals surface area contributed by atoms with E-state index in [1.807, 2.05) is 13.8 Å². The van der Waals surface area contributed by atoms with Gasteiger partial charge in [0.1, 0.15) is 10.6 Å². The van der Waals surface area contributed by atoms with Crippen LogP contribution in [0.2, 0.25) is 0 Å². The average Bonchev–Trinajstić information content (AvgIpc) is 3.00. The summed E-state index contributed by atoms with van der Waals surface area (Å²) in [4.78, 5) is 27.4. The standard InChI is InChI=1S/C17H15F3N4O2S/c1-8(2)5-13-23-24-16(27-13)22-15(26)11-7-21-12-6-9(17(18,19)20)3-4-10(12)14(11)25/h3-4,6-8H,5H2,1-2H3,(H,21,25)(H,22,24,26). The van der Waals surface area contributed by atoms with Crippen LogP contribution in [0, 0.1) is 5.92 Å². The third-order valence-electron chi connectivity index (χ3n) is 3.72. The molecule has 1 amide bonds. The lowest BCUT2D eigenvalue weighted by atomic mass is 10.1. The molecule has 0 radical (unpaired) electrons. The number of carbonyl (C=O) groups is 1. The lowest BCUT2D eigenvalue weighted by molar-refractivity contribution is -0.137. The zero-order valence-corrected chi connectivity index (χ0v) is 15.2. The van der Waals surface area contributed by atoms with E-state index in [0.717, 1.165) is 29.4 Å². The summed E-state index contributed by atoms with van der Waals surface area (Å²) in [6.45, 7) is 4.05. The maximum atomic E-state index is 12.8. The van der Waals surface area contributed by atoms with Crippen molar-refractivity contribution in [2.75, 3.05) is 5.32 Å². The van der Waals surface area contributed by atoms with Gasteiger partial charge in [-0.3, -0.25) is 14.9 Å². The molecule has 0 spiro atoms. The van der Waals surface area contributed by atoms with Crippen LogP contribution < -0.4 is 10.7 Å². The van der Waals surface area contributed by atoms with E-state index in [2.05, 4.69) is 20.5 Å². The third-order valence-corrected chi connectivity index (χ3v) is 4.58. The number of alkyl halides is 3. The first-order chi connectivity index (χ1) is 12.6. The van der Waals surface area contributed by atoms with E-state index in [0.29, 0.717) is 12.3 Å².